The third-order valence-electron chi connectivity index (χ3n) is 2.91. The highest BCUT2D eigenvalue weighted by Crippen LogP contribution is 2.35. The lowest BCUT2D eigenvalue weighted by Gasteiger charge is -2.13. The summed E-state index contributed by atoms with van der Waals surface area (Å²) >= 11 is 1.59. The first-order chi connectivity index (χ1) is 9.11. The molecule has 0 saturated carbocycles. The summed E-state index contributed by atoms with van der Waals surface area (Å²) in [6, 6.07) is 15.6. The molecule has 2 aromatic carbocycles. The molecule has 2 rings (SSSR count). The van der Waals surface area contributed by atoms with E-state index in [9.17, 15) is 5.11 Å². The smallest absolute Gasteiger partial charge is 0.0992 e. The van der Waals surface area contributed by atoms with Gasteiger partial charge in [0.25, 0.3) is 0 Å². The Labute approximate surface area is 117 Å². The van der Waals surface area contributed by atoms with E-state index in [0.29, 0.717) is 5.56 Å². The van der Waals surface area contributed by atoms with Crippen LogP contribution in [0.15, 0.2) is 52.3 Å². The lowest BCUT2D eigenvalue weighted by atomic mass is 10.1. The Bertz CT molecular complexity index is 629. The third kappa shape index (κ3) is 3.17. The van der Waals surface area contributed by atoms with Gasteiger partial charge in [-0.05, 0) is 43.2 Å². The van der Waals surface area contributed by atoms with Crippen LogP contribution in [0.1, 0.15) is 29.7 Å². The molecule has 3 heteroatoms. The average molecular weight is 269 g/mol. The predicted octanol–water partition coefficient (Wildman–Crippen LogP) is 4.07. The Morgan fingerprint density at radius 1 is 1.16 bits per heavy atom. The van der Waals surface area contributed by atoms with Crippen LogP contribution in [-0.4, -0.2) is 5.11 Å². The first kappa shape index (κ1) is 13.7. The van der Waals surface area contributed by atoms with Crippen molar-refractivity contribution >= 4 is 11.8 Å². The largest absolute Gasteiger partial charge is 0.389 e. The summed E-state index contributed by atoms with van der Waals surface area (Å²) in [5, 5.41) is 18.8. The van der Waals surface area contributed by atoms with Crippen LogP contribution in [-0.2, 0) is 0 Å². The fraction of sp³-hybridized carbons (Fsp3) is 0.188. The molecule has 1 atom stereocenters. The maximum Gasteiger partial charge on any atom is 0.0992 e. The van der Waals surface area contributed by atoms with E-state index < -0.39 is 6.10 Å². The second-order valence-corrected chi connectivity index (χ2v) is 5.49. The van der Waals surface area contributed by atoms with E-state index >= 15 is 0 Å². The van der Waals surface area contributed by atoms with Crippen molar-refractivity contribution < 1.29 is 5.11 Å². The predicted molar refractivity (Wildman–Crippen MR) is 77.1 cm³/mol. The van der Waals surface area contributed by atoms with Crippen LogP contribution >= 0.6 is 11.8 Å². The molecule has 0 saturated heterocycles. The molecule has 0 radical (unpaired) electrons. The highest BCUT2D eigenvalue weighted by atomic mass is 32.2. The van der Waals surface area contributed by atoms with E-state index in [1.54, 1.807) is 24.8 Å². The monoisotopic (exact) mass is 269 g/mol. The Balaban J connectivity index is 2.44. The van der Waals surface area contributed by atoms with Gasteiger partial charge < -0.3 is 5.11 Å². The van der Waals surface area contributed by atoms with Gasteiger partial charge in [-0.2, -0.15) is 5.26 Å². The quantitative estimate of drug-likeness (QED) is 0.913. The zero-order valence-electron chi connectivity index (χ0n) is 10.9. The van der Waals surface area contributed by atoms with E-state index in [-0.39, 0.29) is 0 Å². The van der Waals surface area contributed by atoms with Crippen LogP contribution in [0, 0.1) is 18.3 Å². The van der Waals surface area contributed by atoms with Gasteiger partial charge >= 0.3 is 0 Å². The summed E-state index contributed by atoms with van der Waals surface area (Å²) < 4.78 is 0. The van der Waals surface area contributed by atoms with Crippen molar-refractivity contribution in [2.24, 2.45) is 0 Å². The number of hydrogen-bond donors (Lipinski definition) is 1. The normalized spacial score (nSPS) is 11.9. The minimum absolute atomic E-state index is 0.542. The number of benzene rings is 2. The Morgan fingerprint density at radius 2 is 1.89 bits per heavy atom. The van der Waals surface area contributed by atoms with Crippen LogP contribution < -0.4 is 0 Å². The van der Waals surface area contributed by atoms with Gasteiger partial charge in [0.15, 0.2) is 0 Å². The van der Waals surface area contributed by atoms with Crippen molar-refractivity contribution in [1.82, 2.24) is 0 Å². The molecule has 19 heavy (non-hydrogen) atoms. The van der Waals surface area contributed by atoms with E-state index in [0.717, 1.165) is 15.4 Å². The van der Waals surface area contributed by atoms with Crippen LogP contribution in [0.4, 0.5) is 0 Å². The second kappa shape index (κ2) is 5.92. The summed E-state index contributed by atoms with van der Waals surface area (Å²) in [4.78, 5) is 2.07. The highest BCUT2D eigenvalue weighted by Gasteiger charge is 2.11. The van der Waals surface area contributed by atoms with Crippen LogP contribution in [0.25, 0.3) is 0 Å². The minimum Gasteiger partial charge on any atom is -0.389 e. The van der Waals surface area contributed by atoms with E-state index in [4.69, 9.17) is 5.26 Å². The molecule has 2 aromatic rings. The molecule has 0 aromatic heterocycles. The summed E-state index contributed by atoms with van der Waals surface area (Å²) in [7, 11) is 0. The molecule has 0 aliphatic carbocycles. The molecule has 0 amide bonds. The number of nitrogens with zero attached hydrogens (tertiary/aromatic N) is 1. The van der Waals surface area contributed by atoms with E-state index in [2.05, 4.69) is 19.1 Å². The number of nitriles is 1. The van der Waals surface area contributed by atoms with Gasteiger partial charge in [0.05, 0.1) is 17.7 Å². The van der Waals surface area contributed by atoms with Gasteiger partial charge in [-0.15, -0.1) is 0 Å². The lowest BCUT2D eigenvalue weighted by Crippen LogP contribution is -1.95. The molecule has 0 bridgehead atoms. The van der Waals surface area contributed by atoms with Crippen LogP contribution in [0.5, 0.6) is 0 Å². The lowest BCUT2D eigenvalue weighted by molar-refractivity contribution is 0.196. The molecule has 0 fully saturated rings. The van der Waals surface area contributed by atoms with E-state index in [1.807, 2.05) is 30.3 Å². The SMILES string of the molecule is Cc1ccccc1Sc1cc(C#N)ccc1[C@H](C)O. The molecule has 0 aliphatic rings. The number of aryl methyl sites for hydroxylation is 1. The number of hydrogen-bond acceptors (Lipinski definition) is 3. The minimum atomic E-state index is -0.542. The van der Waals surface area contributed by atoms with Crippen LogP contribution in [0.3, 0.4) is 0 Å². The molecular formula is C16H15NOS. The maximum atomic E-state index is 9.82. The van der Waals surface area contributed by atoms with Crippen molar-refractivity contribution in [3.63, 3.8) is 0 Å². The van der Waals surface area contributed by atoms with Gasteiger partial charge in [-0.1, -0.05) is 36.0 Å². The average Bonchev–Trinajstić information content (AvgIpc) is 2.41. The molecule has 2 nitrogen and oxygen atoms in total. The molecule has 0 aliphatic heterocycles. The molecular weight excluding hydrogens is 254 g/mol. The molecule has 0 unspecified atom stereocenters. The Hall–Kier alpha value is -1.76. The Morgan fingerprint density at radius 3 is 2.53 bits per heavy atom. The Kier molecular flexibility index (Phi) is 4.26. The van der Waals surface area contributed by atoms with Gasteiger partial charge in [0.2, 0.25) is 0 Å². The second-order valence-electron chi connectivity index (χ2n) is 4.41. The molecule has 1 N–H and O–H groups in total. The van der Waals surface area contributed by atoms with Gasteiger partial charge in [0.1, 0.15) is 0 Å². The first-order valence-electron chi connectivity index (χ1n) is 6.07. The van der Waals surface area contributed by atoms with Gasteiger partial charge in [-0.25, -0.2) is 0 Å². The number of aliphatic hydroxyl groups excluding tert-OH is 1. The van der Waals surface area contributed by atoms with Crippen molar-refractivity contribution in [2.45, 2.75) is 29.7 Å². The van der Waals surface area contributed by atoms with Crippen LogP contribution in [0.2, 0.25) is 0 Å². The molecule has 96 valence electrons. The zero-order valence-corrected chi connectivity index (χ0v) is 11.7. The van der Waals surface area contributed by atoms with Crippen molar-refractivity contribution in [3.8, 4) is 6.07 Å². The molecule has 0 heterocycles. The zero-order chi connectivity index (χ0) is 13.8. The van der Waals surface area contributed by atoms with Crippen molar-refractivity contribution in [2.75, 3.05) is 0 Å². The topological polar surface area (TPSA) is 44.0 Å². The summed E-state index contributed by atoms with van der Waals surface area (Å²) in [6.45, 7) is 3.79. The number of rotatable bonds is 3. The number of aliphatic hydroxyl groups is 1. The summed E-state index contributed by atoms with van der Waals surface area (Å²) in [5.74, 6) is 0. The fourth-order valence-electron chi connectivity index (χ4n) is 1.83. The first-order valence-corrected chi connectivity index (χ1v) is 6.89. The fourth-order valence-corrected chi connectivity index (χ4v) is 2.98. The molecule has 0 spiro atoms. The highest BCUT2D eigenvalue weighted by molar-refractivity contribution is 7.99. The van der Waals surface area contributed by atoms with Crippen molar-refractivity contribution in [3.05, 3.63) is 59.2 Å². The van der Waals surface area contributed by atoms with E-state index in [1.165, 1.54) is 5.56 Å². The summed E-state index contributed by atoms with van der Waals surface area (Å²) in [5.41, 5.74) is 2.65. The van der Waals surface area contributed by atoms with Crippen molar-refractivity contribution in [1.29, 1.82) is 5.26 Å². The third-order valence-corrected chi connectivity index (χ3v) is 4.16. The van der Waals surface area contributed by atoms with Gasteiger partial charge in [-0.3, -0.25) is 0 Å². The summed E-state index contributed by atoms with van der Waals surface area (Å²) in [6.07, 6.45) is -0.542. The maximum absolute atomic E-state index is 9.82. The van der Waals surface area contributed by atoms with Gasteiger partial charge in [0, 0.05) is 9.79 Å². The standard InChI is InChI=1S/C16H15NOS/c1-11-5-3-4-6-15(11)19-16-9-13(10-17)7-8-14(16)12(2)18/h3-9,12,18H,1-2H3/t12-/m0/s1.